The summed E-state index contributed by atoms with van der Waals surface area (Å²) >= 11 is 5.77. The van der Waals surface area contributed by atoms with Crippen LogP contribution in [0.25, 0.3) is 0 Å². The molecular formula is C10H10ClN3O. The summed E-state index contributed by atoms with van der Waals surface area (Å²) in [5.41, 5.74) is 0.738. The van der Waals surface area contributed by atoms with Gasteiger partial charge in [-0.25, -0.2) is 9.78 Å². The zero-order valence-electron chi connectivity index (χ0n) is 8.22. The highest BCUT2D eigenvalue weighted by Crippen LogP contribution is 2.05. The molecule has 0 radical (unpaired) electrons. The normalized spacial score (nSPS) is 10.5. The molecule has 0 N–H and O–H groups in total. The van der Waals surface area contributed by atoms with E-state index in [1.807, 2.05) is 29.9 Å². The molecule has 0 aliphatic carbocycles. The summed E-state index contributed by atoms with van der Waals surface area (Å²) in [5, 5.41) is 0.462. The molecule has 2 aromatic rings. The molecular weight excluding hydrogens is 214 g/mol. The molecule has 15 heavy (non-hydrogen) atoms. The molecule has 0 aliphatic rings. The highest BCUT2D eigenvalue weighted by Gasteiger charge is 2.02. The molecule has 0 fully saturated rings. The van der Waals surface area contributed by atoms with Crippen LogP contribution in [0.3, 0.4) is 0 Å². The summed E-state index contributed by atoms with van der Waals surface area (Å²) in [5.74, 6) is 0. The summed E-state index contributed by atoms with van der Waals surface area (Å²) in [4.78, 5) is 15.0. The fourth-order valence-electron chi connectivity index (χ4n) is 1.38. The number of hydrogen-bond donors (Lipinski definition) is 0. The Morgan fingerprint density at radius 1 is 1.53 bits per heavy atom. The lowest BCUT2D eigenvalue weighted by Crippen LogP contribution is -2.23. The topological polar surface area (TPSA) is 39.8 Å². The molecule has 4 nitrogen and oxygen atoms in total. The number of aryl methyl sites for hydroxylation is 1. The van der Waals surface area contributed by atoms with Gasteiger partial charge in [-0.15, -0.1) is 0 Å². The van der Waals surface area contributed by atoms with E-state index in [0.717, 1.165) is 5.69 Å². The van der Waals surface area contributed by atoms with Crippen molar-refractivity contribution in [2.45, 2.75) is 6.54 Å². The first-order valence-electron chi connectivity index (χ1n) is 4.49. The minimum Gasteiger partial charge on any atom is -0.353 e. The summed E-state index contributed by atoms with van der Waals surface area (Å²) in [6, 6.07) is 3.88. The van der Waals surface area contributed by atoms with E-state index < -0.39 is 0 Å². The molecule has 0 saturated carbocycles. The first-order chi connectivity index (χ1) is 7.16. The predicted molar refractivity (Wildman–Crippen MR) is 58.0 cm³/mol. The van der Waals surface area contributed by atoms with Crippen molar-refractivity contribution in [3.8, 4) is 0 Å². The van der Waals surface area contributed by atoms with Crippen LogP contribution in [0.5, 0.6) is 0 Å². The van der Waals surface area contributed by atoms with Crippen LogP contribution < -0.4 is 5.69 Å². The van der Waals surface area contributed by atoms with Crippen LogP contribution >= 0.6 is 11.6 Å². The molecule has 2 heterocycles. The number of rotatable bonds is 2. The van der Waals surface area contributed by atoms with Gasteiger partial charge in [0.05, 0.1) is 17.8 Å². The van der Waals surface area contributed by atoms with Crippen molar-refractivity contribution in [3.63, 3.8) is 0 Å². The standard InChI is InChI=1S/C10H10ClN3O/c1-13-4-2-3-9(13)7-14-6-8(11)5-12-10(14)15/h2-6H,7H2,1H3. The van der Waals surface area contributed by atoms with Gasteiger partial charge in [0.1, 0.15) is 0 Å². The molecule has 0 spiro atoms. The Balaban J connectivity index is 2.36. The van der Waals surface area contributed by atoms with Crippen LogP contribution in [-0.4, -0.2) is 14.1 Å². The highest BCUT2D eigenvalue weighted by molar-refractivity contribution is 6.30. The molecule has 2 aromatic heterocycles. The van der Waals surface area contributed by atoms with E-state index in [9.17, 15) is 4.79 Å². The van der Waals surface area contributed by atoms with Crippen molar-refractivity contribution in [2.75, 3.05) is 0 Å². The van der Waals surface area contributed by atoms with E-state index >= 15 is 0 Å². The van der Waals surface area contributed by atoms with Crippen LogP contribution in [0, 0.1) is 0 Å². The molecule has 0 bridgehead atoms. The first-order valence-corrected chi connectivity index (χ1v) is 4.87. The van der Waals surface area contributed by atoms with Crippen molar-refractivity contribution < 1.29 is 0 Å². The smallest absolute Gasteiger partial charge is 0.347 e. The van der Waals surface area contributed by atoms with Gasteiger partial charge in [-0.2, -0.15) is 0 Å². The van der Waals surface area contributed by atoms with Gasteiger partial charge in [-0.1, -0.05) is 11.6 Å². The second kappa shape index (κ2) is 3.90. The van der Waals surface area contributed by atoms with Gasteiger partial charge >= 0.3 is 5.69 Å². The Morgan fingerprint density at radius 3 is 3.00 bits per heavy atom. The zero-order chi connectivity index (χ0) is 10.8. The monoisotopic (exact) mass is 223 g/mol. The number of nitrogens with zero attached hydrogens (tertiary/aromatic N) is 3. The summed E-state index contributed by atoms with van der Waals surface area (Å²) < 4.78 is 3.44. The van der Waals surface area contributed by atoms with Crippen LogP contribution in [0.1, 0.15) is 5.69 Å². The van der Waals surface area contributed by atoms with Crippen molar-refractivity contribution >= 4 is 11.6 Å². The molecule has 5 heteroatoms. The maximum absolute atomic E-state index is 11.4. The molecule has 0 aromatic carbocycles. The highest BCUT2D eigenvalue weighted by atomic mass is 35.5. The Morgan fingerprint density at radius 2 is 2.33 bits per heavy atom. The van der Waals surface area contributed by atoms with E-state index in [0.29, 0.717) is 11.6 Å². The van der Waals surface area contributed by atoms with E-state index in [1.165, 1.54) is 10.8 Å². The van der Waals surface area contributed by atoms with Gasteiger partial charge in [0.25, 0.3) is 0 Å². The third-order valence-electron chi connectivity index (χ3n) is 2.21. The Bertz CT molecular complexity index is 529. The molecule has 2 rings (SSSR count). The quantitative estimate of drug-likeness (QED) is 0.770. The zero-order valence-corrected chi connectivity index (χ0v) is 8.98. The van der Waals surface area contributed by atoms with Crippen LogP contribution in [-0.2, 0) is 13.6 Å². The lowest BCUT2D eigenvalue weighted by atomic mass is 10.4. The molecule has 0 amide bonds. The third-order valence-corrected chi connectivity index (χ3v) is 2.40. The van der Waals surface area contributed by atoms with Crippen LogP contribution in [0.15, 0.2) is 35.5 Å². The average molecular weight is 224 g/mol. The Hall–Kier alpha value is -1.55. The summed E-state index contributed by atoms with van der Waals surface area (Å²) in [6.45, 7) is 0.482. The van der Waals surface area contributed by atoms with Crippen LogP contribution in [0.2, 0.25) is 5.02 Å². The van der Waals surface area contributed by atoms with Crippen molar-refractivity contribution in [1.29, 1.82) is 0 Å². The number of hydrogen-bond acceptors (Lipinski definition) is 2. The second-order valence-electron chi connectivity index (χ2n) is 3.29. The lowest BCUT2D eigenvalue weighted by molar-refractivity contribution is 0.680. The van der Waals surface area contributed by atoms with Gasteiger partial charge in [0, 0.05) is 25.1 Å². The molecule has 0 atom stereocenters. The van der Waals surface area contributed by atoms with Gasteiger partial charge in [0.15, 0.2) is 0 Å². The average Bonchev–Trinajstić information content (AvgIpc) is 2.58. The van der Waals surface area contributed by atoms with E-state index in [4.69, 9.17) is 11.6 Å². The summed E-state index contributed by atoms with van der Waals surface area (Å²) in [6.07, 6.45) is 4.87. The van der Waals surface area contributed by atoms with Gasteiger partial charge in [0.2, 0.25) is 0 Å². The minimum absolute atomic E-state index is 0.291. The molecule has 0 saturated heterocycles. The largest absolute Gasteiger partial charge is 0.353 e. The third kappa shape index (κ3) is 2.10. The number of aromatic nitrogens is 3. The number of halogens is 1. The maximum atomic E-state index is 11.4. The Kier molecular flexibility index (Phi) is 2.60. The second-order valence-corrected chi connectivity index (χ2v) is 3.73. The van der Waals surface area contributed by atoms with Gasteiger partial charge in [-0.05, 0) is 12.1 Å². The SMILES string of the molecule is Cn1cccc1Cn1cc(Cl)cnc1=O. The van der Waals surface area contributed by atoms with E-state index in [1.54, 1.807) is 6.20 Å². The molecule has 0 aliphatic heterocycles. The van der Waals surface area contributed by atoms with E-state index in [-0.39, 0.29) is 5.69 Å². The first kappa shape index (κ1) is 9.98. The molecule has 78 valence electrons. The lowest BCUT2D eigenvalue weighted by Gasteiger charge is -2.06. The fourth-order valence-corrected chi connectivity index (χ4v) is 1.54. The van der Waals surface area contributed by atoms with E-state index in [2.05, 4.69) is 4.98 Å². The maximum Gasteiger partial charge on any atom is 0.347 e. The van der Waals surface area contributed by atoms with Crippen molar-refractivity contribution in [3.05, 3.63) is 51.9 Å². The minimum atomic E-state index is -0.291. The predicted octanol–water partition coefficient (Wildman–Crippen LogP) is 1.28. The summed E-state index contributed by atoms with van der Waals surface area (Å²) in [7, 11) is 1.93. The van der Waals surface area contributed by atoms with Crippen molar-refractivity contribution in [2.24, 2.45) is 7.05 Å². The van der Waals surface area contributed by atoms with Crippen molar-refractivity contribution in [1.82, 2.24) is 14.1 Å². The molecule has 0 unspecified atom stereocenters. The fraction of sp³-hybridized carbons (Fsp3) is 0.200. The van der Waals surface area contributed by atoms with Crippen LogP contribution in [0.4, 0.5) is 0 Å². The van der Waals surface area contributed by atoms with Gasteiger partial charge < -0.3 is 4.57 Å². The Labute approximate surface area is 91.8 Å². The van der Waals surface area contributed by atoms with Gasteiger partial charge in [-0.3, -0.25) is 4.57 Å².